The van der Waals surface area contributed by atoms with Gasteiger partial charge in [-0.3, -0.25) is 5.10 Å². The lowest BCUT2D eigenvalue weighted by Gasteiger charge is -1.97. The number of hydrogen-bond donors (Lipinski definition) is 2. The summed E-state index contributed by atoms with van der Waals surface area (Å²) in [5, 5.41) is 10.6. The molecule has 0 unspecified atom stereocenters. The lowest BCUT2D eigenvalue weighted by Crippen LogP contribution is -1.87. The molecule has 6 heteroatoms. The van der Waals surface area contributed by atoms with E-state index in [1.165, 1.54) is 11.5 Å². The van der Waals surface area contributed by atoms with Gasteiger partial charge >= 0.3 is 0 Å². The van der Waals surface area contributed by atoms with E-state index in [1.54, 1.807) is 6.20 Å². The predicted molar refractivity (Wildman–Crippen MR) is 59.4 cm³/mol. The van der Waals surface area contributed by atoms with E-state index in [0.29, 0.717) is 5.82 Å². The molecule has 5 nitrogen and oxygen atoms in total. The number of aromatic amines is 1. The lowest BCUT2D eigenvalue weighted by atomic mass is 10.1. The normalized spacial score (nSPS) is 10.9. The highest BCUT2D eigenvalue weighted by Crippen LogP contribution is 2.27. The number of hydrogen-bond acceptors (Lipinski definition) is 5. The minimum absolute atomic E-state index is 0.567. The van der Waals surface area contributed by atoms with Crippen LogP contribution in [0.1, 0.15) is 0 Å². The van der Waals surface area contributed by atoms with Gasteiger partial charge in [-0.1, -0.05) is 10.6 Å². The molecule has 74 valence electrons. The first-order chi connectivity index (χ1) is 7.34. The molecule has 0 bridgehead atoms. The molecule has 3 aromatic rings. The second-order valence-corrected chi connectivity index (χ2v) is 3.94. The van der Waals surface area contributed by atoms with Crippen LogP contribution in [0.3, 0.4) is 0 Å². The SMILES string of the molecule is Nc1[nH]ncc1-c1ccc2snnc2c1. The number of fused-ring (bicyclic) bond motifs is 1. The number of nitrogens with one attached hydrogen (secondary N) is 1. The van der Waals surface area contributed by atoms with Gasteiger partial charge in [-0.15, -0.1) is 5.10 Å². The van der Waals surface area contributed by atoms with Crippen LogP contribution in [0.2, 0.25) is 0 Å². The molecule has 0 saturated heterocycles. The Kier molecular flexibility index (Phi) is 1.69. The molecule has 3 rings (SSSR count). The molecule has 15 heavy (non-hydrogen) atoms. The first kappa shape index (κ1) is 8.37. The summed E-state index contributed by atoms with van der Waals surface area (Å²) >= 11 is 1.38. The minimum Gasteiger partial charge on any atom is -0.384 e. The fourth-order valence-corrected chi connectivity index (χ4v) is 2.01. The van der Waals surface area contributed by atoms with Crippen molar-refractivity contribution in [2.24, 2.45) is 0 Å². The summed E-state index contributed by atoms with van der Waals surface area (Å²) in [4.78, 5) is 0. The molecule has 0 radical (unpaired) electrons. The maximum absolute atomic E-state index is 5.74. The molecule has 2 aromatic heterocycles. The van der Waals surface area contributed by atoms with Gasteiger partial charge < -0.3 is 5.73 Å². The molecule has 0 fully saturated rings. The topological polar surface area (TPSA) is 80.5 Å². The Labute approximate surface area is 89.1 Å². The van der Waals surface area contributed by atoms with Gasteiger partial charge in [-0.25, -0.2) is 0 Å². The Hall–Kier alpha value is -1.95. The van der Waals surface area contributed by atoms with Crippen LogP contribution < -0.4 is 5.73 Å². The van der Waals surface area contributed by atoms with Crippen LogP contribution in [0.25, 0.3) is 21.3 Å². The van der Waals surface area contributed by atoms with Gasteiger partial charge in [0.2, 0.25) is 0 Å². The highest BCUT2D eigenvalue weighted by Gasteiger charge is 2.06. The minimum atomic E-state index is 0.567. The molecule has 0 aliphatic rings. The van der Waals surface area contributed by atoms with Gasteiger partial charge in [0.05, 0.1) is 10.9 Å². The van der Waals surface area contributed by atoms with Crippen LogP contribution >= 0.6 is 11.5 Å². The van der Waals surface area contributed by atoms with Gasteiger partial charge in [-0.05, 0) is 29.2 Å². The monoisotopic (exact) mass is 217 g/mol. The molecular weight excluding hydrogens is 210 g/mol. The summed E-state index contributed by atoms with van der Waals surface area (Å²) in [6.45, 7) is 0. The van der Waals surface area contributed by atoms with Crippen molar-refractivity contribution in [3.8, 4) is 11.1 Å². The van der Waals surface area contributed by atoms with Gasteiger partial charge in [0.15, 0.2) is 0 Å². The molecule has 0 amide bonds. The Morgan fingerprint density at radius 3 is 3.07 bits per heavy atom. The molecule has 3 N–H and O–H groups in total. The van der Waals surface area contributed by atoms with E-state index in [0.717, 1.165) is 21.3 Å². The summed E-state index contributed by atoms with van der Waals surface area (Å²) in [6, 6.07) is 5.94. The zero-order valence-electron chi connectivity index (χ0n) is 7.64. The summed E-state index contributed by atoms with van der Waals surface area (Å²) in [6.07, 6.45) is 1.70. The molecule has 0 aliphatic heterocycles. The molecule has 0 saturated carbocycles. The van der Waals surface area contributed by atoms with E-state index in [2.05, 4.69) is 19.8 Å². The van der Waals surface area contributed by atoms with E-state index >= 15 is 0 Å². The van der Waals surface area contributed by atoms with Gasteiger partial charge in [0.1, 0.15) is 11.3 Å². The first-order valence-corrected chi connectivity index (χ1v) is 5.13. The van der Waals surface area contributed by atoms with Crippen molar-refractivity contribution in [2.75, 3.05) is 5.73 Å². The summed E-state index contributed by atoms with van der Waals surface area (Å²) in [5.74, 6) is 0.567. The van der Waals surface area contributed by atoms with Crippen LogP contribution in [0.5, 0.6) is 0 Å². The standard InChI is InChI=1S/C9H7N5S/c10-9-6(4-11-13-9)5-1-2-8-7(3-5)12-14-15-8/h1-4H,(H3,10,11,13). The van der Waals surface area contributed by atoms with Crippen molar-refractivity contribution in [3.63, 3.8) is 0 Å². The van der Waals surface area contributed by atoms with Crippen molar-refractivity contribution < 1.29 is 0 Å². The van der Waals surface area contributed by atoms with Crippen LogP contribution in [-0.4, -0.2) is 19.8 Å². The van der Waals surface area contributed by atoms with Gasteiger partial charge in [0, 0.05) is 5.56 Å². The third-order valence-corrected chi connectivity index (χ3v) is 2.93. The summed E-state index contributed by atoms with van der Waals surface area (Å²) < 4.78 is 4.95. The zero-order chi connectivity index (χ0) is 10.3. The highest BCUT2D eigenvalue weighted by molar-refractivity contribution is 7.12. The zero-order valence-corrected chi connectivity index (χ0v) is 8.45. The van der Waals surface area contributed by atoms with Crippen molar-refractivity contribution >= 4 is 27.6 Å². The number of anilines is 1. The maximum Gasteiger partial charge on any atom is 0.126 e. The third kappa shape index (κ3) is 1.26. The van der Waals surface area contributed by atoms with Crippen molar-refractivity contribution in [1.29, 1.82) is 0 Å². The number of rotatable bonds is 1. The Morgan fingerprint density at radius 2 is 2.27 bits per heavy atom. The van der Waals surface area contributed by atoms with Crippen molar-refractivity contribution in [1.82, 2.24) is 19.8 Å². The fourth-order valence-electron chi connectivity index (χ4n) is 1.47. The average molecular weight is 217 g/mol. The molecule has 0 aliphatic carbocycles. The van der Waals surface area contributed by atoms with E-state index < -0.39 is 0 Å². The van der Waals surface area contributed by atoms with E-state index in [-0.39, 0.29) is 0 Å². The quantitative estimate of drug-likeness (QED) is 0.649. The largest absolute Gasteiger partial charge is 0.384 e. The summed E-state index contributed by atoms with van der Waals surface area (Å²) in [7, 11) is 0. The fraction of sp³-hybridized carbons (Fsp3) is 0. The number of nitrogen functional groups attached to an aromatic ring is 1. The first-order valence-electron chi connectivity index (χ1n) is 4.36. The Balaban J connectivity index is 2.23. The molecule has 0 spiro atoms. The van der Waals surface area contributed by atoms with Crippen molar-refractivity contribution in [3.05, 3.63) is 24.4 Å². The van der Waals surface area contributed by atoms with E-state index in [1.807, 2.05) is 18.2 Å². The summed E-state index contributed by atoms with van der Waals surface area (Å²) in [5.41, 5.74) is 8.52. The Morgan fingerprint density at radius 1 is 1.33 bits per heavy atom. The van der Waals surface area contributed by atoms with Crippen molar-refractivity contribution in [2.45, 2.75) is 0 Å². The molecule has 0 atom stereocenters. The van der Waals surface area contributed by atoms with E-state index in [4.69, 9.17) is 5.73 Å². The number of nitrogens with zero attached hydrogens (tertiary/aromatic N) is 3. The molecule has 1 aromatic carbocycles. The second kappa shape index (κ2) is 3.03. The number of benzene rings is 1. The van der Waals surface area contributed by atoms with E-state index in [9.17, 15) is 0 Å². The van der Waals surface area contributed by atoms with Crippen LogP contribution in [0, 0.1) is 0 Å². The van der Waals surface area contributed by atoms with Gasteiger partial charge in [-0.2, -0.15) is 5.10 Å². The smallest absolute Gasteiger partial charge is 0.126 e. The number of H-pyrrole nitrogens is 1. The highest BCUT2D eigenvalue weighted by atomic mass is 32.1. The van der Waals surface area contributed by atoms with Crippen LogP contribution in [0.4, 0.5) is 5.82 Å². The maximum atomic E-state index is 5.74. The predicted octanol–water partition coefficient (Wildman–Crippen LogP) is 1.66. The molecular formula is C9H7N5S. The average Bonchev–Trinajstić information content (AvgIpc) is 2.84. The molecule has 2 heterocycles. The third-order valence-electron chi connectivity index (χ3n) is 2.23. The lowest BCUT2D eigenvalue weighted by molar-refractivity contribution is 1.10. The number of nitrogens with two attached hydrogens (primary N) is 1. The van der Waals surface area contributed by atoms with Crippen LogP contribution in [-0.2, 0) is 0 Å². The van der Waals surface area contributed by atoms with Crippen LogP contribution in [0.15, 0.2) is 24.4 Å². The Bertz CT molecular complexity index is 612. The second-order valence-electron chi connectivity index (χ2n) is 3.15. The number of aromatic nitrogens is 4. The van der Waals surface area contributed by atoms with Gasteiger partial charge in [0.25, 0.3) is 0 Å².